The van der Waals surface area contributed by atoms with E-state index in [1.807, 2.05) is 6.92 Å². The molecule has 0 radical (unpaired) electrons. The highest BCUT2D eigenvalue weighted by atomic mass is 32.1. The highest BCUT2D eigenvalue weighted by molar-refractivity contribution is 7.15. The van der Waals surface area contributed by atoms with Crippen LogP contribution < -0.4 is 15.4 Å². The fraction of sp³-hybridized carbons (Fsp3) is 0.389. The lowest BCUT2D eigenvalue weighted by Gasteiger charge is -2.08. The Balaban J connectivity index is 1.60. The molecule has 0 fully saturated rings. The van der Waals surface area contributed by atoms with Crippen molar-refractivity contribution in [2.45, 2.75) is 33.1 Å². The van der Waals surface area contributed by atoms with Crippen molar-refractivity contribution in [3.8, 4) is 5.75 Å². The molecule has 0 saturated heterocycles. The number of hydrogen-bond donors (Lipinski definition) is 2. The second kappa shape index (κ2) is 11.0. The van der Waals surface area contributed by atoms with Crippen LogP contribution in [0.4, 0.5) is 10.8 Å². The van der Waals surface area contributed by atoms with Crippen molar-refractivity contribution >= 4 is 39.9 Å². The Labute approximate surface area is 166 Å². The van der Waals surface area contributed by atoms with Gasteiger partial charge in [0.1, 0.15) is 10.8 Å². The van der Waals surface area contributed by atoms with Gasteiger partial charge < -0.3 is 20.1 Å². The van der Waals surface area contributed by atoms with Crippen LogP contribution in [0.3, 0.4) is 0 Å². The first kappa shape index (κ1) is 21.3. The summed E-state index contributed by atoms with van der Waals surface area (Å²) in [7, 11) is 0. The standard InChI is InChI=1S/C18H22N4O5S/c1-3-26-14-9-7-13(8-10-14)19-16(24)11-27-17(25)6-4-5-15(23)20-18-22-21-12(2)28-18/h7-10H,3-6,11H2,1-2H3,(H,19,24)(H,20,22,23). The van der Waals surface area contributed by atoms with Gasteiger partial charge in [-0.3, -0.25) is 14.4 Å². The Bertz CT molecular complexity index is 807. The van der Waals surface area contributed by atoms with E-state index in [1.54, 1.807) is 31.2 Å². The molecular weight excluding hydrogens is 384 g/mol. The minimum atomic E-state index is -0.540. The third-order valence-corrected chi connectivity index (χ3v) is 4.12. The number of carbonyl (C=O) groups excluding carboxylic acids is 3. The lowest BCUT2D eigenvalue weighted by Crippen LogP contribution is -2.21. The molecule has 0 saturated carbocycles. The zero-order valence-corrected chi connectivity index (χ0v) is 16.5. The summed E-state index contributed by atoms with van der Waals surface area (Å²) in [4.78, 5) is 35.2. The maximum atomic E-state index is 11.8. The van der Waals surface area contributed by atoms with Crippen LogP contribution in [0.1, 0.15) is 31.2 Å². The molecule has 150 valence electrons. The fourth-order valence-corrected chi connectivity index (χ4v) is 2.75. The maximum Gasteiger partial charge on any atom is 0.306 e. The van der Waals surface area contributed by atoms with Crippen LogP contribution in [-0.4, -0.2) is 41.2 Å². The summed E-state index contributed by atoms with van der Waals surface area (Å²) in [6.07, 6.45) is 0.494. The molecule has 0 aliphatic rings. The highest BCUT2D eigenvalue weighted by Crippen LogP contribution is 2.16. The molecule has 2 N–H and O–H groups in total. The highest BCUT2D eigenvalue weighted by Gasteiger charge is 2.11. The van der Waals surface area contributed by atoms with E-state index in [1.165, 1.54) is 11.3 Å². The molecule has 2 aromatic rings. The smallest absolute Gasteiger partial charge is 0.306 e. The summed E-state index contributed by atoms with van der Waals surface area (Å²) in [6, 6.07) is 6.87. The largest absolute Gasteiger partial charge is 0.494 e. The van der Waals surface area contributed by atoms with E-state index in [4.69, 9.17) is 9.47 Å². The summed E-state index contributed by atoms with van der Waals surface area (Å²) in [6.45, 7) is 3.85. The van der Waals surface area contributed by atoms with E-state index >= 15 is 0 Å². The van der Waals surface area contributed by atoms with E-state index in [9.17, 15) is 14.4 Å². The summed E-state index contributed by atoms with van der Waals surface area (Å²) in [5.41, 5.74) is 0.577. The molecule has 0 atom stereocenters. The normalized spacial score (nSPS) is 10.2. The zero-order valence-electron chi connectivity index (χ0n) is 15.7. The average molecular weight is 406 g/mol. The van der Waals surface area contributed by atoms with Gasteiger partial charge in [-0.05, 0) is 44.5 Å². The first-order valence-electron chi connectivity index (χ1n) is 8.74. The SMILES string of the molecule is CCOc1ccc(NC(=O)COC(=O)CCCC(=O)Nc2nnc(C)s2)cc1. The molecule has 2 rings (SSSR count). The maximum absolute atomic E-state index is 11.8. The Morgan fingerprint density at radius 2 is 1.79 bits per heavy atom. The minimum absolute atomic E-state index is 0.0406. The third-order valence-electron chi connectivity index (χ3n) is 3.37. The molecule has 0 spiro atoms. The summed E-state index contributed by atoms with van der Waals surface area (Å²) >= 11 is 1.27. The van der Waals surface area contributed by atoms with Gasteiger partial charge in [-0.15, -0.1) is 10.2 Å². The second-order valence-corrected chi connectivity index (χ2v) is 6.88. The first-order chi connectivity index (χ1) is 13.5. The molecule has 1 aromatic carbocycles. The Morgan fingerprint density at radius 3 is 2.43 bits per heavy atom. The number of anilines is 2. The number of nitrogens with zero attached hydrogens (tertiary/aromatic N) is 2. The number of carbonyl (C=O) groups is 3. The van der Waals surface area contributed by atoms with Gasteiger partial charge in [-0.1, -0.05) is 11.3 Å². The van der Waals surface area contributed by atoms with Gasteiger partial charge in [0.2, 0.25) is 11.0 Å². The molecule has 0 bridgehead atoms. The van der Waals surface area contributed by atoms with Crippen molar-refractivity contribution in [2.75, 3.05) is 23.8 Å². The van der Waals surface area contributed by atoms with E-state index in [0.717, 1.165) is 5.01 Å². The summed E-state index contributed by atoms with van der Waals surface area (Å²) < 4.78 is 10.2. The third kappa shape index (κ3) is 7.70. The monoisotopic (exact) mass is 406 g/mol. The molecular formula is C18H22N4O5S. The van der Waals surface area contributed by atoms with Crippen molar-refractivity contribution < 1.29 is 23.9 Å². The van der Waals surface area contributed by atoms with Crippen LogP contribution in [0.2, 0.25) is 0 Å². The predicted molar refractivity (Wildman–Crippen MR) is 104 cm³/mol. The van der Waals surface area contributed by atoms with E-state index in [2.05, 4.69) is 20.8 Å². The van der Waals surface area contributed by atoms with Gasteiger partial charge in [0.15, 0.2) is 6.61 Å². The lowest BCUT2D eigenvalue weighted by atomic mass is 10.2. The number of benzene rings is 1. The Morgan fingerprint density at radius 1 is 1.04 bits per heavy atom. The van der Waals surface area contributed by atoms with E-state index in [0.29, 0.717) is 29.6 Å². The molecule has 28 heavy (non-hydrogen) atoms. The summed E-state index contributed by atoms with van der Waals surface area (Å²) in [5.74, 6) is -0.530. The number of esters is 1. The fourth-order valence-electron chi connectivity index (χ4n) is 2.14. The Kier molecular flexibility index (Phi) is 8.35. The molecule has 2 amide bonds. The number of aryl methyl sites for hydroxylation is 1. The number of nitrogens with one attached hydrogen (secondary N) is 2. The number of ether oxygens (including phenoxy) is 2. The van der Waals surface area contributed by atoms with Crippen LogP contribution in [0.25, 0.3) is 0 Å². The van der Waals surface area contributed by atoms with E-state index < -0.39 is 11.9 Å². The first-order valence-corrected chi connectivity index (χ1v) is 9.56. The van der Waals surface area contributed by atoms with Gasteiger partial charge in [-0.2, -0.15) is 0 Å². The second-order valence-electron chi connectivity index (χ2n) is 5.69. The van der Waals surface area contributed by atoms with Gasteiger partial charge >= 0.3 is 5.97 Å². The zero-order chi connectivity index (χ0) is 20.4. The molecule has 1 heterocycles. The number of rotatable bonds is 10. The molecule has 9 nitrogen and oxygen atoms in total. The van der Waals surface area contributed by atoms with Crippen molar-refractivity contribution in [3.63, 3.8) is 0 Å². The van der Waals surface area contributed by atoms with Crippen molar-refractivity contribution in [2.24, 2.45) is 0 Å². The van der Waals surface area contributed by atoms with Gasteiger partial charge in [0, 0.05) is 18.5 Å². The lowest BCUT2D eigenvalue weighted by molar-refractivity contribution is -0.147. The van der Waals surface area contributed by atoms with Crippen LogP contribution >= 0.6 is 11.3 Å². The summed E-state index contributed by atoms with van der Waals surface area (Å²) in [5, 5.41) is 14.0. The number of amides is 2. The minimum Gasteiger partial charge on any atom is -0.494 e. The molecule has 0 unspecified atom stereocenters. The quantitative estimate of drug-likeness (QED) is 0.582. The van der Waals surface area contributed by atoms with Gasteiger partial charge in [0.25, 0.3) is 5.91 Å². The van der Waals surface area contributed by atoms with Crippen LogP contribution in [0, 0.1) is 6.92 Å². The number of hydrogen-bond acceptors (Lipinski definition) is 8. The van der Waals surface area contributed by atoms with Crippen LogP contribution in [-0.2, 0) is 19.1 Å². The predicted octanol–water partition coefficient (Wildman–Crippen LogP) is 2.54. The van der Waals surface area contributed by atoms with Gasteiger partial charge in [0.05, 0.1) is 6.61 Å². The molecule has 0 aliphatic carbocycles. The molecule has 10 heteroatoms. The topological polar surface area (TPSA) is 120 Å². The van der Waals surface area contributed by atoms with Gasteiger partial charge in [-0.25, -0.2) is 0 Å². The molecule has 1 aromatic heterocycles. The Hall–Kier alpha value is -3.01. The van der Waals surface area contributed by atoms with E-state index in [-0.39, 0.29) is 25.4 Å². The number of aromatic nitrogens is 2. The van der Waals surface area contributed by atoms with Crippen LogP contribution in [0.5, 0.6) is 5.75 Å². The molecule has 0 aliphatic heterocycles. The van der Waals surface area contributed by atoms with Crippen molar-refractivity contribution in [1.29, 1.82) is 0 Å². The van der Waals surface area contributed by atoms with Crippen molar-refractivity contribution in [3.05, 3.63) is 29.3 Å². The average Bonchev–Trinajstić information content (AvgIpc) is 3.06. The van der Waals surface area contributed by atoms with Crippen LogP contribution in [0.15, 0.2) is 24.3 Å². The van der Waals surface area contributed by atoms with Crippen molar-refractivity contribution in [1.82, 2.24) is 10.2 Å².